The number of nitrogens with zero attached hydrogens (tertiary/aromatic N) is 3. The second kappa shape index (κ2) is 7.37. The highest BCUT2D eigenvalue weighted by Gasteiger charge is 2.32. The van der Waals surface area contributed by atoms with Gasteiger partial charge in [-0.25, -0.2) is 4.39 Å². The number of carbonyl (C=O) groups excluding carboxylic acids is 1. The summed E-state index contributed by atoms with van der Waals surface area (Å²) >= 11 is 6.26. The zero-order valence-electron chi connectivity index (χ0n) is 15.4. The molecule has 2 aromatic carbocycles. The lowest BCUT2D eigenvalue weighted by Gasteiger charge is -2.26. The Hall–Kier alpha value is -2.70. The van der Waals surface area contributed by atoms with Crippen molar-refractivity contribution in [3.8, 4) is 11.3 Å². The van der Waals surface area contributed by atoms with E-state index in [-0.39, 0.29) is 17.8 Å². The molecule has 4 rings (SSSR count). The van der Waals surface area contributed by atoms with Gasteiger partial charge >= 0.3 is 0 Å². The minimum atomic E-state index is -0.290. The summed E-state index contributed by atoms with van der Waals surface area (Å²) in [5, 5.41) is 4.74. The van der Waals surface area contributed by atoms with Gasteiger partial charge in [0, 0.05) is 37.3 Å². The van der Waals surface area contributed by atoms with E-state index >= 15 is 0 Å². The molecule has 28 heavy (non-hydrogen) atoms. The maximum Gasteiger partial charge on any atom is 0.254 e. The minimum absolute atomic E-state index is 0.0514. The first-order valence-corrected chi connectivity index (χ1v) is 9.42. The van der Waals surface area contributed by atoms with Gasteiger partial charge in [-0.05, 0) is 41.8 Å². The zero-order valence-corrected chi connectivity index (χ0v) is 16.2. The number of benzene rings is 2. The van der Waals surface area contributed by atoms with Gasteiger partial charge in [0.1, 0.15) is 5.82 Å². The van der Waals surface area contributed by atoms with E-state index in [1.165, 1.54) is 12.1 Å². The summed E-state index contributed by atoms with van der Waals surface area (Å²) in [6.45, 7) is 0.769. The molecule has 0 spiro atoms. The van der Waals surface area contributed by atoms with E-state index < -0.39 is 0 Å². The van der Waals surface area contributed by atoms with Gasteiger partial charge in [-0.1, -0.05) is 29.8 Å². The average molecular weight is 399 g/mol. The third-order valence-corrected chi connectivity index (χ3v) is 5.45. The van der Waals surface area contributed by atoms with E-state index in [9.17, 15) is 9.18 Å². The molecular formula is C21H20ClFN4O. The second-order valence-corrected chi connectivity index (χ2v) is 7.40. The van der Waals surface area contributed by atoms with E-state index in [4.69, 9.17) is 17.3 Å². The molecule has 144 valence electrons. The topological polar surface area (TPSA) is 64.2 Å². The molecule has 1 aliphatic rings. The van der Waals surface area contributed by atoms with Crippen molar-refractivity contribution in [2.75, 3.05) is 6.54 Å². The third kappa shape index (κ3) is 3.30. The summed E-state index contributed by atoms with van der Waals surface area (Å²) in [6.07, 6.45) is 2.11. The van der Waals surface area contributed by atoms with Crippen LogP contribution in [0.15, 0.2) is 48.7 Å². The number of aromatic nitrogens is 2. The van der Waals surface area contributed by atoms with Crippen LogP contribution in [-0.4, -0.2) is 33.2 Å². The number of aryl methyl sites for hydroxylation is 1. The highest BCUT2D eigenvalue weighted by atomic mass is 35.5. The molecule has 0 radical (unpaired) electrons. The Morgan fingerprint density at radius 3 is 2.79 bits per heavy atom. The molecule has 2 heterocycles. The zero-order chi connectivity index (χ0) is 19.8. The van der Waals surface area contributed by atoms with Crippen molar-refractivity contribution in [2.24, 2.45) is 12.8 Å². The van der Waals surface area contributed by atoms with Crippen molar-refractivity contribution in [2.45, 2.75) is 19.0 Å². The molecule has 0 fully saturated rings. The normalized spacial score (nSPS) is 14.4. The van der Waals surface area contributed by atoms with Gasteiger partial charge in [0.25, 0.3) is 5.91 Å². The summed E-state index contributed by atoms with van der Waals surface area (Å²) in [4.78, 5) is 14.7. The van der Waals surface area contributed by atoms with Crippen molar-refractivity contribution in [3.63, 3.8) is 0 Å². The van der Waals surface area contributed by atoms with Crippen LogP contribution in [0.3, 0.4) is 0 Å². The van der Waals surface area contributed by atoms with Crippen LogP contribution in [0, 0.1) is 5.82 Å². The summed E-state index contributed by atoms with van der Waals surface area (Å²) in [5.41, 5.74) is 10.1. The molecule has 0 bridgehead atoms. The van der Waals surface area contributed by atoms with Gasteiger partial charge < -0.3 is 10.6 Å². The average Bonchev–Trinajstić information content (AvgIpc) is 3.18. The molecule has 0 saturated carbocycles. The molecular weight excluding hydrogens is 379 g/mol. The van der Waals surface area contributed by atoms with Gasteiger partial charge in [-0.2, -0.15) is 5.10 Å². The van der Waals surface area contributed by atoms with Crippen LogP contribution < -0.4 is 5.73 Å². The monoisotopic (exact) mass is 398 g/mol. The number of hydrogen-bond acceptors (Lipinski definition) is 3. The first kappa shape index (κ1) is 18.7. The van der Waals surface area contributed by atoms with Crippen LogP contribution in [0.5, 0.6) is 0 Å². The Labute approximate surface area is 167 Å². The lowest BCUT2D eigenvalue weighted by Crippen LogP contribution is -2.42. The molecule has 3 aromatic rings. The molecule has 2 N–H and O–H groups in total. The molecule has 1 aromatic heterocycles. The fourth-order valence-corrected chi connectivity index (χ4v) is 4.05. The summed E-state index contributed by atoms with van der Waals surface area (Å²) in [5.74, 6) is -0.341. The van der Waals surface area contributed by atoms with Crippen LogP contribution in [-0.2, 0) is 20.0 Å². The Morgan fingerprint density at radius 2 is 2.11 bits per heavy atom. The Balaban J connectivity index is 1.61. The predicted molar refractivity (Wildman–Crippen MR) is 106 cm³/mol. The number of carbonyl (C=O) groups is 1. The maximum atomic E-state index is 13.5. The van der Waals surface area contributed by atoms with Gasteiger partial charge in [-0.15, -0.1) is 0 Å². The smallest absolute Gasteiger partial charge is 0.254 e. The van der Waals surface area contributed by atoms with Crippen molar-refractivity contribution in [1.29, 1.82) is 0 Å². The maximum absolute atomic E-state index is 13.5. The van der Waals surface area contributed by atoms with Crippen molar-refractivity contribution >= 4 is 17.5 Å². The van der Waals surface area contributed by atoms with Crippen molar-refractivity contribution in [1.82, 2.24) is 14.7 Å². The summed E-state index contributed by atoms with van der Waals surface area (Å²) in [7, 11) is 1.83. The van der Waals surface area contributed by atoms with E-state index in [1.54, 1.807) is 21.8 Å². The molecule has 1 amide bonds. The quantitative estimate of drug-likeness (QED) is 0.716. The Bertz CT molecular complexity index is 1030. The SMILES string of the molecule is Cn1ncc(Cl)c1-c1ccc2c(c1)CN(C(CN)Cc1cccc(F)c1)C2=O. The van der Waals surface area contributed by atoms with Gasteiger partial charge in [0.2, 0.25) is 0 Å². The third-order valence-electron chi connectivity index (χ3n) is 5.18. The Morgan fingerprint density at radius 1 is 1.29 bits per heavy atom. The fraction of sp³-hybridized carbons (Fsp3) is 0.238. The number of hydrogen-bond donors (Lipinski definition) is 1. The number of rotatable bonds is 5. The van der Waals surface area contributed by atoms with Gasteiger partial charge in [0.15, 0.2) is 0 Å². The van der Waals surface area contributed by atoms with Crippen LogP contribution in [0.2, 0.25) is 5.02 Å². The second-order valence-electron chi connectivity index (χ2n) is 6.99. The fourth-order valence-electron chi connectivity index (χ4n) is 3.78. The molecule has 0 saturated heterocycles. The largest absolute Gasteiger partial charge is 0.330 e. The van der Waals surface area contributed by atoms with Crippen LogP contribution >= 0.6 is 11.6 Å². The van der Waals surface area contributed by atoms with Gasteiger partial charge in [-0.3, -0.25) is 9.48 Å². The lowest BCUT2D eigenvalue weighted by molar-refractivity contribution is 0.0708. The van der Waals surface area contributed by atoms with Crippen molar-refractivity contribution < 1.29 is 9.18 Å². The van der Waals surface area contributed by atoms with Crippen LogP contribution in [0.25, 0.3) is 11.3 Å². The van der Waals surface area contributed by atoms with E-state index in [2.05, 4.69) is 5.10 Å². The van der Waals surface area contributed by atoms with Gasteiger partial charge in [0.05, 0.1) is 16.9 Å². The molecule has 5 nitrogen and oxygen atoms in total. The van der Waals surface area contributed by atoms with Crippen LogP contribution in [0.1, 0.15) is 21.5 Å². The molecule has 0 aliphatic carbocycles. The Kier molecular flexibility index (Phi) is 4.91. The van der Waals surface area contributed by atoms with E-state index in [1.807, 2.05) is 31.3 Å². The standard InChI is InChI=1S/C21H20ClFN4O/c1-26-20(19(22)11-25-26)14-5-6-18-15(9-14)12-27(21(18)28)17(10-24)8-13-3-2-4-16(23)7-13/h2-7,9,11,17H,8,10,12,24H2,1H3. The predicted octanol–water partition coefficient (Wildman–Crippen LogP) is 3.41. The number of nitrogens with two attached hydrogens (primary N) is 1. The summed E-state index contributed by atoms with van der Waals surface area (Å²) in [6, 6.07) is 11.9. The molecule has 7 heteroatoms. The van der Waals surface area contributed by atoms with E-state index in [0.717, 1.165) is 22.4 Å². The minimum Gasteiger partial charge on any atom is -0.330 e. The number of amides is 1. The van der Waals surface area contributed by atoms with Crippen LogP contribution in [0.4, 0.5) is 4.39 Å². The highest BCUT2D eigenvalue weighted by molar-refractivity contribution is 6.33. The first-order valence-electron chi connectivity index (χ1n) is 9.04. The van der Waals surface area contributed by atoms with E-state index in [0.29, 0.717) is 30.1 Å². The lowest BCUT2D eigenvalue weighted by atomic mass is 10.0. The number of fused-ring (bicyclic) bond motifs is 1. The number of halogens is 2. The molecule has 1 unspecified atom stereocenters. The highest BCUT2D eigenvalue weighted by Crippen LogP contribution is 2.32. The molecule has 1 aliphatic heterocycles. The van der Waals surface area contributed by atoms with Crippen molar-refractivity contribution in [3.05, 3.63) is 76.2 Å². The first-order chi connectivity index (χ1) is 13.5. The summed E-state index contributed by atoms with van der Waals surface area (Å²) < 4.78 is 15.2. The molecule has 1 atom stereocenters.